The maximum Gasteiger partial charge on any atom is 0.0480 e. The van der Waals surface area contributed by atoms with Crippen molar-refractivity contribution < 1.29 is 0 Å². The van der Waals surface area contributed by atoms with Crippen LogP contribution in [0.4, 0.5) is 0 Å². The van der Waals surface area contributed by atoms with E-state index in [4.69, 9.17) is 5.73 Å². The zero-order chi connectivity index (χ0) is 13.2. The number of nitrogens with two attached hydrogens (primary N) is 1. The van der Waals surface area contributed by atoms with E-state index in [-0.39, 0.29) is 5.92 Å². The third kappa shape index (κ3) is 2.04. The molecule has 1 aromatic heterocycles. The Morgan fingerprint density at radius 1 is 1.00 bits per heavy atom. The van der Waals surface area contributed by atoms with Crippen LogP contribution in [0.25, 0.3) is 10.9 Å². The smallest absolute Gasteiger partial charge is 0.0480 e. The van der Waals surface area contributed by atoms with Crippen molar-refractivity contribution in [2.24, 2.45) is 12.8 Å². The van der Waals surface area contributed by atoms with E-state index in [9.17, 15) is 0 Å². The number of hydrogen-bond acceptors (Lipinski definition) is 1. The van der Waals surface area contributed by atoms with Gasteiger partial charge in [0.2, 0.25) is 0 Å². The lowest BCUT2D eigenvalue weighted by atomic mass is 9.91. The van der Waals surface area contributed by atoms with E-state index in [1.807, 2.05) is 6.07 Å². The number of nitrogens with zero attached hydrogens (tertiary/aromatic N) is 1. The predicted molar refractivity (Wildman–Crippen MR) is 80.3 cm³/mol. The number of hydrogen-bond donors (Lipinski definition) is 1. The van der Waals surface area contributed by atoms with Crippen LogP contribution < -0.4 is 5.73 Å². The van der Waals surface area contributed by atoms with E-state index in [0.717, 1.165) is 0 Å². The highest BCUT2D eigenvalue weighted by molar-refractivity contribution is 5.85. The fourth-order valence-electron chi connectivity index (χ4n) is 2.78. The molecule has 96 valence electrons. The van der Waals surface area contributed by atoms with E-state index in [2.05, 4.69) is 66.3 Å². The summed E-state index contributed by atoms with van der Waals surface area (Å²) in [6.07, 6.45) is 2.20. The minimum atomic E-state index is 0.257. The molecule has 1 heterocycles. The third-order valence-corrected chi connectivity index (χ3v) is 3.74. The second kappa shape index (κ2) is 4.90. The van der Waals surface area contributed by atoms with Crippen LogP contribution in [0.15, 0.2) is 60.8 Å². The predicted octanol–water partition coefficient (Wildman–Crippen LogP) is 3.27. The fourth-order valence-corrected chi connectivity index (χ4v) is 2.78. The van der Waals surface area contributed by atoms with Gasteiger partial charge in [-0.25, -0.2) is 0 Å². The quantitative estimate of drug-likeness (QED) is 0.760. The van der Waals surface area contributed by atoms with Crippen molar-refractivity contribution >= 4 is 10.9 Å². The average Bonchev–Trinajstić information content (AvgIpc) is 2.79. The van der Waals surface area contributed by atoms with Gasteiger partial charge in [0, 0.05) is 36.6 Å². The van der Waals surface area contributed by atoms with Crippen LogP contribution in [0, 0.1) is 0 Å². The van der Waals surface area contributed by atoms with Gasteiger partial charge in [0.25, 0.3) is 0 Å². The number of para-hydroxylation sites is 1. The van der Waals surface area contributed by atoms with Gasteiger partial charge in [-0.2, -0.15) is 0 Å². The number of aromatic nitrogens is 1. The van der Waals surface area contributed by atoms with Crippen molar-refractivity contribution in [3.63, 3.8) is 0 Å². The first-order chi connectivity index (χ1) is 9.31. The van der Waals surface area contributed by atoms with Gasteiger partial charge in [-0.3, -0.25) is 0 Å². The molecule has 0 bridgehead atoms. The molecule has 2 aromatic carbocycles. The largest absolute Gasteiger partial charge is 0.350 e. The van der Waals surface area contributed by atoms with Crippen LogP contribution in [0.1, 0.15) is 17.0 Å². The van der Waals surface area contributed by atoms with Crippen LogP contribution in [-0.4, -0.2) is 11.1 Å². The first kappa shape index (κ1) is 12.0. The molecule has 0 spiro atoms. The van der Waals surface area contributed by atoms with E-state index in [1.165, 1.54) is 22.0 Å². The second-order valence-electron chi connectivity index (χ2n) is 4.91. The summed E-state index contributed by atoms with van der Waals surface area (Å²) in [6, 6.07) is 19.0. The maximum absolute atomic E-state index is 6.03. The zero-order valence-electron chi connectivity index (χ0n) is 11.1. The lowest BCUT2D eigenvalue weighted by Gasteiger charge is -2.14. The molecule has 0 saturated heterocycles. The summed E-state index contributed by atoms with van der Waals surface area (Å²) in [5, 5.41) is 1.30. The molecule has 0 amide bonds. The molecule has 2 N–H and O–H groups in total. The molecule has 2 heteroatoms. The summed E-state index contributed by atoms with van der Waals surface area (Å²) in [4.78, 5) is 0. The molecule has 0 aliphatic carbocycles. The van der Waals surface area contributed by atoms with E-state index >= 15 is 0 Å². The van der Waals surface area contributed by atoms with E-state index in [0.29, 0.717) is 6.54 Å². The first-order valence-electron chi connectivity index (χ1n) is 6.60. The molecule has 0 saturated carbocycles. The molecular weight excluding hydrogens is 232 g/mol. The van der Waals surface area contributed by atoms with Crippen molar-refractivity contribution in [2.75, 3.05) is 6.54 Å². The molecule has 3 rings (SSSR count). The van der Waals surface area contributed by atoms with Crippen LogP contribution >= 0.6 is 0 Å². The van der Waals surface area contributed by atoms with Crippen molar-refractivity contribution in [1.82, 2.24) is 4.57 Å². The standard InChI is InChI=1S/C17H18N2/c1-19-12-16(14-9-5-6-10-17(14)19)15(11-18)13-7-3-2-4-8-13/h2-10,12,15H,11,18H2,1H3/t15-/m1/s1. The number of rotatable bonds is 3. The first-order valence-corrected chi connectivity index (χ1v) is 6.60. The molecule has 1 atom stereocenters. The van der Waals surface area contributed by atoms with Gasteiger partial charge < -0.3 is 10.3 Å². The normalized spacial score (nSPS) is 12.7. The summed E-state index contributed by atoms with van der Waals surface area (Å²) in [7, 11) is 2.09. The third-order valence-electron chi connectivity index (χ3n) is 3.74. The topological polar surface area (TPSA) is 30.9 Å². The monoisotopic (exact) mass is 250 g/mol. The van der Waals surface area contributed by atoms with Crippen LogP contribution in [-0.2, 0) is 7.05 Å². The Balaban J connectivity index is 2.17. The summed E-state index contributed by atoms with van der Waals surface area (Å²) >= 11 is 0. The Labute approximate surface area is 113 Å². The van der Waals surface area contributed by atoms with Crippen LogP contribution in [0.5, 0.6) is 0 Å². The highest BCUT2D eigenvalue weighted by Crippen LogP contribution is 2.31. The van der Waals surface area contributed by atoms with Crippen molar-refractivity contribution in [3.8, 4) is 0 Å². The summed E-state index contributed by atoms with van der Waals surface area (Å²) in [5.41, 5.74) is 9.88. The van der Waals surface area contributed by atoms with E-state index in [1.54, 1.807) is 0 Å². The Hall–Kier alpha value is -2.06. The molecular formula is C17H18N2. The van der Waals surface area contributed by atoms with Crippen LogP contribution in [0.2, 0.25) is 0 Å². The summed E-state index contributed by atoms with van der Waals surface area (Å²) in [5.74, 6) is 0.257. The number of aryl methyl sites for hydroxylation is 1. The van der Waals surface area contributed by atoms with Gasteiger partial charge in [-0.05, 0) is 17.2 Å². The highest BCUT2D eigenvalue weighted by Gasteiger charge is 2.17. The second-order valence-corrected chi connectivity index (χ2v) is 4.91. The minimum Gasteiger partial charge on any atom is -0.350 e. The Bertz CT molecular complexity index is 683. The molecule has 3 aromatic rings. The van der Waals surface area contributed by atoms with Crippen molar-refractivity contribution in [1.29, 1.82) is 0 Å². The maximum atomic E-state index is 6.03. The SMILES string of the molecule is Cn1cc([C@H](CN)c2ccccc2)c2ccccc21. The molecule has 0 radical (unpaired) electrons. The molecule has 0 fully saturated rings. The van der Waals surface area contributed by atoms with Crippen molar-refractivity contribution in [3.05, 3.63) is 71.9 Å². The fraction of sp³-hybridized carbons (Fsp3) is 0.176. The Kier molecular flexibility index (Phi) is 3.10. The van der Waals surface area contributed by atoms with Gasteiger partial charge in [0.15, 0.2) is 0 Å². The lowest BCUT2D eigenvalue weighted by Crippen LogP contribution is -2.13. The van der Waals surface area contributed by atoms with Crippen molar-refractivity contribution in [2.45, 2.75) is 5.92 Å². The summed E-state index contributed by atoms with van der Waals surface area (Å²) < 4.78 is 2.18. The minimum absolute atomic E-state index is 0.257. The molecule has 0 aliphatic rings. The molecule has 0 unspecified atom stereocenters. The number of fused-ring (bicyclic) bond motifs is 1. The molecule has 2 nitrogen and oxygen atoms in total. The Morgan fingerprint density at radius 3 is 2.42 bits per heavy atom. The van der Waals surface area contributed by atoms with Gasteiger partial charge in [-0.1, -0.05) is 48.5 Å². The highest BCUT2D eigenvalue weighted by atomic mass is 14.9. The Morgan fingerprint density at radius 2 is 1.68 bits per heavy atom. The summed E-state index contributed by atoms with van der Waals surface area (Å²) in [6.45, 7) is 0.623. The van der Waals surface area contributed by atoms with E-state index < -0.39 is 0 Å². The van der Waals surface area contributed by atoms with Gasteiger partial charge in [0.05, 0.1) is 0 Å². The van der Waals surface area contributed by atoms with Gasteiger partial charge in [-0.15, -0.1) is 0 Å². The molecule has 19 heavy (non-hydrogen) atoms. The number of benzene rings is 2. The zero-order valence-corrected chi connectivity index (χ0v) is 11.1. The van der Waals surface area contributed by atoms with Crippen LogP contribution in [0.3, 0.4) is 0 Å². The van der Waals surface area contributed by atoms with Gasteiger partial charge >= 0.3 is 0 Å². The molecule has 0 aliphatic heterocycles. The van der Waals surface area contributed by atoms with Gasteiger partial charge in [0.1, 0.15) is 0 Å². The lowest BCUT2D eigenvalue weighted by molar-refractivity contribution is 0.816. The average molecular weight is 250 g/mol.